The summed E-state index contributed by atoms with van der Waals surface area (Å²) in [7, 11) is 0. The first-order chi connectivity index (χ1) is 6.22. The van der Waals surface area contributed by atoms with Crippen LogP contribution < -0.4 is 5.76 Å². The fourth-order valence-corrected chi connectivity index (χ4v) is 1.47. The molecule has 0 fully saturated rings. The van der Waals surface area contributed by atoms with Crippen LogP contribution in [-0.2, 0) is 6.54 Å². The first-order valence-corrected chi connectivity index (χ1v) is 4.32. The molecule has 13 heavy (non-hydrogen) atoms. The van der Waals surface area contributed by atoms with Crippen molar-refractivity contribution < 1.29 is 4.42 Å². The lowest BCUT2D eigenvalue weighted by Crippen LogP contribution is -2.11. The molecule has 0 spiro atoms. The third-order valence-electron chi connectivity index (χ3n) is 2.14. The molecule has 68 valence electrons. The van der Waals surface area contributed by atoms with Gasteiger partial charge in [0, 0.05) is 6.54 Å². The minimum atomic E-state index is -0.275. The number of hydrogen-bond donors (Lipinski definition) is 0. The summed E-state index contributed by atoms with van der Waals surface area (Å²) >= 11 is 0. The Kier molecular flexibility index (Phi) is 1.72. The minimum Gasteiger partial charge on any atom is -0.408 e. The van der Waals surface area contributed by atoms with Crippen LogP contribution in [-0.4, -0.2) is 4.57 Å². The Morgan fingerprint density at radius 1 is 1.46 bits per heavy atom. The maximum Gasteiger partial charge on any atom is 0.419 e. The van der Waals surface area contributed by atoms with Gasteiger partial charge in [-0.15, -0.1) is 0 Å². The Labute approximate surface area is 75.6 Å². The Morgan fingerprint density at radius 2 is 2.23 bits per heavy atom. The van der Waals surface area contributed by atoms with Crippen molar-refractivity contribution >= 4 is 11.1 Å². The van der Waals surface area contributed by atoms with Gasteiger partial charge in [-0.3, -0.25) is 4.57 Å². The molecule has 1 aromatic heterocycles. The largest absolute Gasteiger partial charge is 0.419 e. The summed E-state index contributed by atoms with van der Waals surface area (Å²) in [6, 6.07) is 5.73. The summed E-state index contributed by atoms with van der Waals surface area (Å²) in [6.45, 7) is 4.57. The maximum absolute atomic E-state index is 11.3. The van der Waals surface area contributed by atoms with Gasteiger partial charge in [-0.05, 0) is 31.5 Å². The molecule has 2 aromatic rings. The molecule has 3 heteroatoms. The molecular weight excluding hydrogens is 166 g/mol. The van der Waals surface area contributed by atoms with Crippen molar-refractivity contribution in [1.82, 2.24) is 4.57 Å². The van der Waals surface area contributed by atoms with Crippen LogP contribution in [0.3, 0.4) is 0 Å². The van der Waals surface area contributed by atoms with Crippen LogP contribution in [0, 0.1) is 6.92 Å². The van der Waals surface area contributed by atoms with E-state index >= 15 is 0 Å². The number of aryl methyl sites for hydroxylation is 2. The van der Waals surface area contributed by atoms with Crippen LogP contribution >= 0.6 is 0 Å². The van der Waals surface area contributed by atoms with Crippen LogP contribution in [0.4, 0.5) is 0 Å². The molecule has 0 aliphatic carbocycles. The zero-order valence-corrected chi connectivity index (χ0v) is 7.70. The number of oxazole rings is 1. The van der Waals surface area contributed by atoms with Gasteiger partial charge in [0.1, 0.15) is 0 Å². The fourth-order valence-electron chi connectivity index (χ4n) is 1.47. The van der Waals surface area contributed by atoms with E-state index in [0.29, 0.717) is 12.1 Å². The summed E-state index contributed by atoms with van der Waals surface area (Å²) < 4.78 is 6.68. The van der Waals surface area contributed by atoms with Gasteiger partial charge in [-0.25, -0.2) is 4.79 Å². The maximum atomic E-state index is 11.3. The SMILES string of the molecule is CCn1c(=O)oc2ccc(C)cc21. The smallest absolute Gasteiger partial charge is 0.408 e. The van der Waals surface area contributed by atoms with Crippen molar-refractivity contribution in [3.63, 3.8) is 0 Å². The lowest BCUT2D eigenvalue weighted by Gasteiger charge is -1.96. The van der Waals surface area contributed by atoms with Gasteiger partial charge in [-0.1, -0.05) is 6.07 Å². The van der Waals surface area contributed by atoms with Gasteiger partial charge in [0.25, 0.3) is 0 Å². The molecule has 0 bridgehead atoms. The first-order valence-electron chi connectivity index (χ1n) is 4.32. The molecule has 0 amide bonds. The summed E-state index contributed by atoms with van der Waals surface area (Å²) in [6.07, 6.45) is 0. The van der Waals surface area contributed by atoms with E-state index in [2.05, 4.69) is 0 Å². The molecule has 0 radical (unpaired) electrons. The normalized spacial score (nSPS) is 10.9. The molecule has 0 atom stereocenters. The highest BCUT2D eigenvalue weighted by Gasteiger charge is 2.06. The predicted molar refractivity (Wildman–Crippen MR) is 50.9 cm³/mol. The van der Waals surface area contributed by atoms with Gasteiger partial charge in [0.05, 0.1) is 5.52 Å². The Bertz CT molecular complexity index is 493. The Balaban J connectivity index is 2.89. The fraction of sp³-hybridized carbons (Fsp3) is 0.300. The highest BCUT2D eigenvalue weighted by molar-refractivity contribution is 5.73. The number of rotatable bonds is 1. The number of hydrogen-bond acceptors (Lipinski definition) is 2. The van der Waals surface area contributed by atoms with Crippen LogP contribution in [0.2, 0.25) is 0 Å². The number of aromatic nitrogens is 1. The van der Waals surface area contributed by atoms with Crippen molar-refractivity contribution in [2.45, 2.75) is 20.4 Å². The second kappa shape index (κ2) is 2.76. The second-order valence-electron chi connectivity index (χ2n) is 3.08. The molecule has 2 rings (SSSR count). The van der Waals surface area contributed by atoms with Gasteiger partial charge >= 0.3 is 5.76 Å². The van der Waals surface area contributed by atoms with Crippen molar-refractivity contribution in [2.24, 2.45) is 0 Å². The molecule has 0 aliphatic heterocycles. The third-order valence-corrected chi connectivity index (χ3v) is 2.14. The van der Waals surface area contributed by atoms with Crippen LogP contribution in [0.1, 0.15) is 12.5 Å². The van der Waals surface area contributed by atoms with Crippen LogP contribution in [0.25, 0.3) is 11.1 Å². The van der Waals surface area contributed by atoms with Crippen molar-refractivity contribution in [3.8, 4) is 0 Å². The molecule has 0 N–H and O–H groups in total. The van der Waals surface area contributed by atoms with E-state index in [1.165, 1.54) is 0 Å². The van der Waals surface area contributed by atoms with E-state index < -0.39 is 0 Å². The molecule has 0 saturated heterocycles. The van der Waals surface area contributed by atoms with Crippen LogP contribution in [0.15, 0.2) is 27.4 Å². The quantitative estimate of drug-likeness (QED) is 0.667. The minimum absolute atomic E-state index is 0.275. The van der Waals surface area contributed by atoms with E-state index in [1.54, 1.807) is 4.57 Å². The van der Waals surface area contributed by atoms with E-state index in [4.69, 9.17) is 4.42 Å². The highest BCUT2D eigenvalue weighted by atomic mass is 16.4. The van der Waals surface area contributed by atoms with Crippen molar-refractivity contribution in [2.75, 3.05) is 0 Å². The van der Waals surface area contributed by atoms with E-state index in [0.717, 1.165) is 11.1 Å². The molecule has 1 aromatic carbocycles. The van der Waals surface area contributed by atoms with Crippen molar-refractivity contribution in [3.05, 3.63) is 34.3 Å². The summed E-state index contributed by atoms with van der Waals surface area (Å²) in [5.74, 6) is -0.275. The number of nitrogens with zero attached hydrogens (tertiary/aromatic N) is 1. The molecular formula is C10H11NO2. The lowest BCUT2D eigenvalue weighted by molar-refractivity contribution is 0.513. The number of benzene rings is 1. The van der Waals surface area contributed by atoms with Crippen molar-refractivity contribution in [1.29, 1.82) is 0 Å². The van der Waals surface area contributed by atoms with Gasteiger partial charge in [0.15, 0.2) is 5.58 Å². The lowest BCUT2D eigenvalue weighted by atomic mass is 10.2. The molecule has 0 unspecified atom stereocenters. The van der Waals surface area contributed by atoms with Gasteiger partial charge in [0.2, 0.25) is 0 Å². The molecule has 0 saturated carbocycles. The Hall–Kier alpha value is -1.51. The predicted octanol–water partition coefficient (Wildman–Crippen LogP) is 1.92. The second-order valence-corrected chi connectivity index (χ2v) is 3.08. The third kappa shape index (κ3) is 1.16. The van der Waals surface area contributed by atoms with Gasteiger partial charge < -0.3 is 4.42 Å². The Morgan fingerprint density at radius 3 is 2.92 bits per heavy atom. The van der Waals surface area contributed by atoms with E-state index in [-0.39, 0.29) is 5.76 Å². The molecule has 3 nitrogen and oxygen atoms in total. The average Bonchev–Trinajstić information content (AvgIpc) is 2.40. The topological polar surface area (TPSA) is 35.1 Å². The standard InChI is InChI=1S/C10H11NO2/c1-3-11-8-6-7(2)4-5-9(8)13-10(11)12/h4-6H,3H2,1-2H3. The zero-order valence-electron chi connectivity index (χ0n) is 7.70. The molecule has 0 aliphatic rings. The summed E-state index contributed by atoms with van der Waals surface area (Å²) in [5.41, 5.74) is 2.68. The monoisotopic (exact) mass is 177 g/mol. The molecule has 1 heterocycles. The summed E-state index contributed by atoms with van der Waals surface area (Å²) in [5, 5.41) is 0. The van der Waals surface area contributed by atoms with Crippen LogP contribution in [0.5, 0.6) is 0 Å². The average molecular weight is 177 g/mol. The van der Waals surface area contributed by atoms with E-state index in [1.807, 2.05) is 32.0 Å². The highest BCUT2D eigenvalue weighted by Crippen LogP contribution is 2.13. The summed E-state index contributed by atoms with van der Waals surface area (Å²) in [4.78, 5) is 11.3. The van der Waals surface area contributed by atoms with Gasteiger partial charge in [-0.2, -0.15) is 0 Å². The zero-order chi connectivity index (χ0) is 9.42. The number of fused-ring (bicyclic) bond motifs is 1. The van der Waals surface area contributed by atoms with E-state index in [9.17, 15) is 4.79 Å². The first kappa shape index (κ1) is 8.10.